The minimum atomic E-state index is 0.526. The van der Waals surface area contributed by atoms with Gasteiger partial charge in [-0.1, -0.05) is 13.8 Å². The predicted molar refractivity (Wildman–Crippen MR) is 62.9 cm³/mol. The molecular weight excluding hydrogens is 186 g/mol. The van der Waals surface area contributed by atoms with Gasteiger partial charge >= 0.3 is 0 Å². The summed E-state index contributed by atoms with van der Waals surface area (Å²) in [5, 5.41) is 3.41. The molecule has 1 N–H and O–H groups in total. The second-order valence-corrected chi connectivity index (χ2v) is 5.72. The third-order valence-electron chi connectivity index (χ3n) is 4.84. The maximum Gasteiger partial charge on any atom is 0.0549 e. The Balaban J connectivity index is 1.94. The molecule has 1 aliphatic carbocycles. The van der Waals surface area contributed by atoms with Gasteiger partial charge in [-0.2, -0.15) is 0 Å². The molecule has 0 amide bonds. The van der Waals surface area contributed by atoms with Crippen LogP contribution in [0.25, 0.3) is 0 Å². The van der Waals surface area contributed by atoms with Crippen molar-refractivity contribution in [3.63, 3.8) is 0 Å². The molecule has 88 valence electrons. The van der Waals surface area contributed by atoms with Crippen LogP contribution < -0.4 is 5.32 Å². The second kappa shape index (κ2) is 4.42. The molecule has 0 aromatic rings. The Morgan fingerprint density at radius 3 is 2.07 bits per heavy atom. The van der Waals surface area contributed by atoms with Gasteiger partial charge in [0.2, 0.25) is 0 Å². The molecule has 2 heteroatoms. The Morgan fingerprint density at radius 2 is 1.73 bits per heavy atom. The van der Waals surface area contributed by atoms with E-state index in [4.69, 9.17) is 4.74 Å². The normalized spacial score (nSPS) is 35.2. The minimum Gasteiger partial charge on any atom is -0.380 e. The first-order chi connectivity index (χ1) is 7.19. The van der Waals surface area contributed by atoms with E-state index in [2.05, 4.69) is 26.2 Å². The highest BCUT2D eigenvalue weighted by atomic mass is 16.5. The smallest absolute Gasteiger partial charge is 0.0549 e. The van der Waals surface area contributed by atoms with Crippen LogP contribution >= 0.6 is 0 Å². The summed E-state index contributed by atoms with van der Waals surface area (Å²) in [5.74, 6) is 1.69. The second-order valence-electron chi connectivity index (χ2n) is 5.72. The third kappa shape index (κ3) is 1.94. The average Bonchev–Trinajstić information content (AvgIpc) is 2.16. The van der Waals surface area contributed by atoms with Crippen molar-refractivity contribution >= 4 is 0 Å². The molecule has 2 rings (SSSR count). The lowest BCUT2D eigenvalue weighted by atomic mass is 9.61. The highest BCUT2D eigenvalue weighted by Crippen LogP contribution is 2.48. The van der Waals surface area contributed by atoms with E-state index in [1.54, 1.807) is 0 Å². The first-order valence-corrected chi connectivity index (χ1v) is 6.44. The Labute approximate surface area is 93.8 Å². The van der Waals surface area contributed by atoms with Crippen molar-refractivity contribution in [3.05, 3.63) is 0 Å². The third-order valence-corrected chi connectivity index (χ3v) is 4.84. The summed E-state index contributed by atoms with van der Waals surface area (Å²) in [6.07, 6.45) is 5.51. The number of hydrogen-bond donors (Lipinski definition) is 1. The van der Waals surface area contributed by atoms with E-state index in [-0.39, 0.29) is 0 Å². The standard InChI is InChI=1S/C13H25NO/c1-10(2)13(8-15-9-13)11-4-6-12(14-3)7-5-11/h10-12,14H,4-9H2,1-3H3. The van der Waals surface area contributed by atoms with E-state index in [9.17, 15) is 0 Å². The average molecular weight is 211 g/mol. The maximum absolute atomic E-state index is 5.49. The minimum absolute atomic E-state index is 0.526. The molecule has 0 aromatic heterocycles. The maximum atomic E-state index is 5.49. The van der Waals surface area contributed by atoms with Crippen molar-refractivity contribution in [2.24, 2.45) is 17.3 Å². The zero-order valence-electron chi connectivity index (χ0n) is 10.4. The molecular formula is C13H25NO. The summed E-state index contributed by atoms with van der Waals surface area (Å²) in [4.78, 5) is 0. The van der Waals surface area contributed by atoms with Gasteiger partial charge in [-0.25, -0.2) is 0 Å². The van der Waals surface area contributed by atoms with Crippen molar-refractivity contribution in [2.45, 2.75) is 45.6 Å². The lowest BCUT2D eigenvalue weighted by Crippen LogP contribution is -2.53. The van der Waals surface area contributed by atoms with Crippen LogP contribution in [0.4, 0.5) is 0 Å². The van der Waals surface area contributed by atoms with E-state index in [1.165, 1.54) is 25.7 Å². The van der Waals surface area contributed by atoms with Crippen molar-refractivity contribution < 1.29 is 4.74 Å². The summed E-state index contributed by atoms with van der Waals surface area (Å²) in [7, 11) is 2.09. The highest BCUT2D eigenvalue weighted by Gasteiger charge is 2.48. The molecule has 1 aliphatic heterocycles. The van der Waals surface area contributed by atoms with Gasteiger partial charge in [0.1, 0.15) is 0 Å². The highest BCUT2D eigenvalue weighted by molar-refractivity contribution is 4.96. The largest absolute Gasteiger partial charge is 0.380 e. The van der Waals surface area contributed by atoms with Gasteiger partial charge in [-0.3, -0.25) is 0 Å². The van der Waals surface area contributed by atoms with Gasteiger partial charge in [-0.05, 0) is 44.6 Å². The summed E-state index contributed by atoms with van der Waals surface area (Å²) < 4.78 is 5.49. The number of nitrogens with one attached hydrogen (secondary N) is 1. The molecule has 1 saturated carbocycles. The van der Waals surface area contributed by atoms with Crippen LogP contribution in [0.2, 0.25) is 0 Å². The van der Waals surface area contributed by atoms with Crippen LogP contribution in [-0.2, 0) is 4.74 Å². The quantitative estimate of drug-likeness (QED) is 0.774. The van der Waals surface area contributed by atoms with E-state index < -0.39 is 0 Å². The summed E-state index contributed by atoms with van der Waals surface area (Å²) in [5.41, 5.74) is 0.526. The molecule has 0 unspecified atom stereocenters. The summed E-state index contributed by atoms with van der Waals surface area (Å²) in [6.45, 7) is 6.76. The van der Waals surface area contributed by atoms with Gasteiger partial charge in [0.05, 0.1) is 13.2 Å². The molecule has 0 spiro atoms. The van der Waals surface area contributed by atoms with Crippen LogP contribution in [0.5, 0.6) is 0 Å². The molecule has 15 heavy (non-hydrogen) atoms. The van der Waals surface area contributed by atoms with E-state index in [0.29, 0.717) is 5.41 Å². The lowest BCUT2D eigenvalue weighted by Gasteiger charge is -2.52. The zero-order valence-corrected chi connectivity index (χ0v) is 10.4. The SMILES string of the molecule is CNC1CCC(C2(C(C)C)COC2)CC1. The van der Waals surface area contributed by atoms with Gasteiger partial charge < -0.3 is 10.1 Å². The first kappa shape index (κ1) is 11.4. The Bertz CT molecular complexity index is 203. The molecule has 1 heterocycles. The fraction of sp³-hybridized carbons (Fsp3) is 1.00. The number of rotatable bonds is 3. The van der Waals surface area contributed by atoms with Gasteiger partial charge in [0.15, 0.2) is 0 Å². The van der Waals surface area contributed by atoms with Crippen LogP contribution in [0, 0.1) is 17.3 Å². The van der Waals surface area contributed by atoms with Gasteiger partial charge in [0.25, 0.3) is 0 Å². The molecule has 0 aromatic carbocycles. The van der Waals surface area contributed by atoms with Crippen molar-refractivity contribution in [1.82, 2.24) is 5.32 Å². The molecule has 0 radical (unpaired) electrons. The molecule has 2 fully saturated rings. The van der Waals surface area contributed by atoms with E-state index >= 15 is 0 Å². The first-order valence-electron chi connectivity index (χ1n) is 6.44. The predicted octanol–water partition coefficient (Wildman–Crippen LogP) is 2.44. The molecule has 0 bridgehead atoms. The fourth-order valence-electron chi connectivity index (χ4n) is 3.34. The summed E-state index contributed by atoms with van der Waals surface area (Å²) >= 11 is 0. The molecule has 1 saturated heterocycles. The summed E-state index contributed by atoms with van der Waals surface area (Å²) in [6, 6.07) is 0.770. The van der Waals surface area contributed by atoms with Crippen molar-refractivity contribution in [2.75, 3.05) is 20.3 Å². The zero-order chi connectivity index (χ0) is 10.9. The molecule has 2 aliphatic rings. The van der Waals surface area contributed by atoms with Crippen LogP contribution in [0.15, 0.2) is 0 Å². The van der Waals surface area contributed by atoms with E-state index in [1.807, 2.05) is 0 Å². The Morgan fingerprint density at radius 1 is 1.13 bits per heavy atom. The van der Waals surface area contributed by atoms with Gasteiger partial charge in [-0.15, -0.1) is 0 Å². The van der Waals surface area contributed by atoms with Crippen molar-refractivity contribution in [3.8, 4) is 0 Å². The number of ether oxygens (including phenoxy) is 1. The number of hydrogen-bond acceptors (Lipinski definition) is 2. The van der Waals surface area contributed by atoms with Crippen molar-refractivity contribution in [1.29, 1.82) is 0 Å². The molecule has 0 atom stereocenters. The van der Waals surface area contributed by atoms with Crippen LogP contribution in [-0.4, -0.2) is 26.3 Å². The Kier molecular flexibility index (Phi) is 3.36. The fourth-order valence-corrected chi connectivity index (χ4v) is 3.34. The molecule has 2 nitrogen and oxygen atoms in total. The topological polar surface area (TPSA) is 21.3 Å². The van der Waals surface area contributed by atoms with Gasteiger partial charge in [0, 0.05) is 11.5 Å². The van der Waals surface area contributed by atoms with Crippen LogP contribution in [0.3, 0.4) is 0 Å². The lowest BCUT2D eigenvalue weighted by molar-refractivity contribution is -0.178. The van der Waals surface area contributed by atoms with Crippen LogP contribution in [0.1, 0.15) is 39.5 Å². The Hall–Kier alpha value is -0.0800. The monoisotopic (exact) mass is 211 g/mol. The van der Waals surface area contributed by atoms with E-state index in [0.717, 1.165) is 31.1 Å².